The summed E-state index contributed by atoms with van der Waals surface area (Å²) < 4.78 is 23.5. The van der Waals surface area contributed by atoms with Crippen molar-refractivity contribution >= 4 is 30.7 Å². The zero-order chi connectivity index (χ0) is 16.3. The van der Waals surface area contributed by atoms with Gasteiger partial charge in [-0.2, -0.15) is 5.01 Å². The lowest BCUT2D eigenvalue weighted by molar-refractivity contribution is -0.134. The molecule has 1 aromatic carbocycles. The highest BCUT2D eigenvalue weighted by molar-refractivity contribution is 7.78. The van der Waals surface area contributed by atoms with E-state index in [1.54, 1.807) is 37.3 Å². The monoisotopic (exact) mass is 325 g/mol. The van der Waals surface area contributed by atoms with Crippen molar-refractivity contribution in [1.29, 1.82) is 0 Å². The normalized spacial score (nSPS) is 21.6. The second-order valence-electron chi connectivity index (χ2n) is 4.30. The van der Waals surface area contributed by atoms with Crippen LogP contribution in [0.4, 0.5) is 10.5 Å². The van der Waals surface area contributed by atoms with Gasteiger partial charge in [0, 0.05) is 14.2 Å². The van der Waals surface area contributed by atoms with Gasteiger partial charge in [0.05, 0.1) is 12.3 Å². The molecule has 1 atom stereocenters. The van der Waals surface area contributed by atoms with E-state index in [4.69, 9.17) is 9.26 Å². The smallest absolute Gasteiger partial charge is 0.366 e. The van der Waals surface area contributed by atoms with Gasteiger partial charge in [0.25, 0.3) is 5.45 Å². The number of amides is 2. The molecule has 1 aliphatic rings. The molecule has 1 aromatic rings. The number of carbonyl (C=O) groups excluding carboxylic acids is 2. The van der Waals surface area contributed by atoms with Gasteiger partial charge < -0.3 is 9.26 Å². The second-order valence-corrected chi connectivity index (χ2v) is 6.73. The highest BCUT2D eigenvalue weighted by Crippen LogP contribution is 2.54. The quantitative estimate of drug-likeness (QED) is 0.626. The van der Waals surface area contributed by atoms with Gasteiger partial charge >= 0.3 is 19.5 Å². The van der Waals surface area contributed by atoms with Gasteiger partial charge in [-0.15, -0.1) is 5.10 Å². The van der Waals surface area contributed by atoms with Crippen molar-refractivity contribution in [3.63, 3.8) is 0 Å². The van der Waals surface area contributed by atoms with Crippen molar-refractivity contribution in [2.75, 3.05) is 25.8 Å². The predicted octanol–water partition coefficient (Wildman–Crippen LogP) is 2.27. The number of hydrogen-bond acceptors (Lipinski definition) is 6. The summed E-state index contributed by atoms with van der Waals surface area (Å²) in [6.07, 6.45) is 0. The lowest BCUT2D eigenvalue weighted by Crippen LogP contribution is -2.45. The van der Waals surface area contributed by atoms with E-state index in [9.17, 15) is 14.2 Å². The number of hydrogen-bond donors (Lipinski definition) is 0. The van der Waals surface area contributed by atoms with Gasteiger partial charge in [0.15, 0.2) is 0 Å². The van der Waals surface area contributed by atoms with Gasteiger partial charge in [0.2, 0.25) is 0 Å². The largest absolute Gasteiger partial charge is 0.461 e. The molecular formula is C13H16N3O5P. The number of esters is 1. The summed E-state index contributed by atoms with van der Waals surface area (Å²) in [5.74, 6) is -0.882. The molecule has 22 heavy (non-hydrogen) atoms. The molecule has 1 heterocycles. The molecule has 0 N–H and O–H groups in total. The minimum Gasteiger partial charge on any atom is -0.461 e. The highest BCUT2D eigenvalue weighted by atomic mass is 31.2. The summed E-state index contributed by atoms with van der Waals surface area (Å²) in [7, 11) is -1.44. The van der Waals surface area contributed by atoms with Crippen molar-refractivity contribution in [2.24, 2.45) is 5.10 Å². The first kappa shape index (κ1) is 16.2. The molecule has 0 spiro atoms. The highest BCUT2D eigenvalue weighted by Gasteiger charge is 2.48. The molecule has 8 nitrogen and oxygen atoms in total. The average molecular weight is 325 g/mol. The molecular weight excluding hydrogens is 309 g/mol. The topological polar surface area (TPSA) is 88.5 Å². The average Bonchev–Trinajstić information content (AvgIpc) is 2.54. The third-order valence-corrected chi connectivity index (χ3v) is 5.28. The Morgan fingerprint density at radius 2 is 1.95 bits per heavy atom. The minimum absolute atomic E-state index is 0.0879. The Balaban J connectivity index is 2.56. The van der Waals surface area contributed by atoms with Gasteiger partial charge in [-0.1, -0.05) is 18.2 Å². The first-order chi connectivity index (χ1) is 10.5. The molecule has 2 amide bonds. The minimum atomic E-state index is -3.88. The van der Waals surface area contributed by atoms with E-state index in [0.29, 0.717) is 5.69 Å². The second kappa shape index (κ2) is 6.29. The predicted molar refractivity (Wildman–Crippen MR) is 80.8 cm³/mol. The molecule has 0 saturated carbocycles. The van der Waals surface area contributed by atoms with Crippen LogP contribution in [0.5, 0.6) is 0 Å². The van der Waals surface area contributed by atoms with Crippen LogP contribution in [0.3, 0.4) is 0 Å². The Labute approximate surface area is 127 Å². The molecule has 9 heteroatoms. The van der Waals surface area contributed by atoms with Crippen molar-refractivity contribution in [2.45, 2.75) is 6.92 Å². The molecule has 118 valence electrons. The van der Waals surface area contributed by atoms with E-state index in [1.165, 1.54) is 7.05 Å². The third-order valence-electron chi connectivity index (χ3n) is 3.02. The van der Waals surface area contributed by atoms with Crippen LogP contribution < -0.4 is 5.01 Å². The molecule has 1 aliphatic heterocycles. The maximum Gasteiger partial charge on any atom is 0.366 e. The Morgan fingerprint density at radius 3 is 2.50 bits per heavy atom. The fraction of sp³-hybridized carbons (Fsp3) is 0.308. The first-order valence-electron chi connectivity index (χ1n) is 6.51. The summed E-state index contributed by atoms with van der Waals surface area (Å²) in [6, 6.07) is 7.82. The summed E-state index contributed by atoms with van der Waals surface area (Å²) in [4.78, 5) is 24.4. The maximum absolute atomic E-state index is 12.8. The lowest BCUT2D eigenvalue weighted by Gasteiger charge is -2.34. The summed E-state index contributed by atoms with van der Waals surface area (Å²) in [5, 5.41) is 4.91. The Kier molecular flexibility index (Phi) is 4.63. The number of urea groups is 1. The maximum atomic E-state index is 12.8. The van der Waals surface area contributed by atoms with E-state index in [1.807, 2.05) is 0 Å². The number of rotatable bonds is 4. The van der Waals surface area contributed by atoms with E-state index in [-0.39, 0.29) is 6.61 Å². The van der Waals surface area contributed by atoms with Crippen molar-refractivity contribution in [3.05, 3.63) is 30.3 Å². The van der Waals surface area contributed by atoms with Crippen LogP contribution >= 0.6 is 7.52 Å². The van der Waals surface area contributed by atoms with Crippen LogP contribution in [-0.4, -0.2) is 42.9 Å². The summed E-state index contributed by atoms with van der Waals surface area (Å²) in [5.41, 5.74) is 0.00584. The molecule has 0 aromatic heterocycles. The molecule has 0 fully saturated rings. The fourth-order valence-electron chi connectivity index (χ4n) is 1.88. The molecule has 0 saturated heterocycles. The number of benzene rings is 1. The molecule has 0 radical (unpaired) electrons. The van der Waals surface area contributed by atoms with Gasteiger partial charge in [0.1, 0.15) is 0 Å². The van der Waals surface area contributed by atoms with Crippen LogP contribution in [0.2, 0.25) is 0 Å². The number of carbonyl (C=O) groups is 2. The zero-order valence-electron chi connectivity index (χ0n) is 12.4. The fourth-order valence-corrected chi connectivity index (χ4v) is 3.39. The molecule has 2 rings (SSSR count). The van der Waals surface area contributed by atoms with Crippen LogP contribution in [0.15, 0.2) is 35.4 Å². The summed E-state index contributed by atoms with van der Waals surface area (Å²) in [6.45, 7) is 1.70. The zero-order valence-corrected chi connectivity index (χ0v) is 13.3. The summed E-state index contributed by atoms with van der Waals surface area (Å²) >= 11 is 0. The van der Waals surface area contributed by atoms with Crippen LogP contribution in [0, 0.1) is 0 Å². The number of ether oxygens (including phenoxy) is 1. The van der Waals surface area contributed by atoms with Crippen LogP contribution in [0.25, 0.3) is 0 Å². The van der Waals surface area contributed by atoms with E-state index in [2.05, 4.69) is 5.10 Å². The van der Waals surface area contributed by atoms with Crippen molar-refractivity contribution in [3.8, 4) is 0 Å². The Morgan fingerprint density at radius 1 is 1.32 bits per heavy atom. The lowest BCUT2D eigenvalue weighted by atomic mass is 10.3. The Hall–Kier alpha value is -2.18. The SMILES string of the molecule is CCOC(=O)C1=NN(c2ccccc2)C(=O)N(C)P1(=O)OC. The van der Waals surface area contributed by atoms with E-state index in [0.717, 1.165) is 16.8 Å². The number of nitrogens with zero attached hydrogens (tertiary/aromatic N) is 3. The van der Waals surface area contributed by atoms with Crippen LogP contribution in [-0.2, 0) is 18.6 Å². The van der Waals surface area contributed by atoms with Gasteiger partial charge in [-0.25, -0.2) is 14.3 Å². The molecule has 1 unspecified atom stereocenters. The number of anilines is 1. The standard InChI is InChI=1S/C13H16N3O5P/c1-4-21-12(17)11-14-16(10-8-6-5-7-9-10)13(18)15(2)22(11,19)20-3/h5-9H,4H2,1-3H3. The molecule has 0 aliphatic carbocycles. The van der Waals surface area contributed by atoms with Crippen molar-refractivity contribution in [1.82, 2.24) is 4.67 Å². The van der Waals surface area contributed by atoms with Crippen molar-refractivity contribution < 1.29 is 23.4 Å². The van der Waals surface area contributed by atoms with Gasteiger partial charge in [-0.3, -0.25) is 4.57 Å². The van der Waals surface area contributed by atoms with E-state index < -0.39 is 25.0 Å². The van der Waals surface area contributed by atoms with E-state index >= 15 is 0 Å². The molecule has 0 bridgehead atoms. The first-order valence-corrected chi connectivity index (χ1v) is 8.08. The third kappa shape index (κ3) is 2.63. The number of hydrazone groups is 1. The van der Waals surface area contributed by atoms with Gasteiger partial charge in [-0.05, 0) is 19.1 Å². The Bertz CT molecular complexity index is 661. The number of para-hydroxylation sites is 1. The van der Waals surface area contributed by atoms with Crippen LogP contribution in [0.1, 0.15) is 6.92 Å².